The minimum atomic E-state index is -0.830. The molecule has 0 aliphatic heterocycles. The summed E-state index contributed by atoms with van der Waals surface area (Å²) in [5, 5.41) is 6.18. The van der Waals surface area contributed by atoms with Crippen molar-refractivity contribution in [3.63, 3.8) is 0 Å². The van der Waals surface area contributed by atoms with Crippen LogP contribution in [0.4, 0.5) is 5.69 Å². The monoisotopic (exact) mass is 402 g/mol. The Morgan fingerprint density at radius 2 is 1.40 bits per heavy atom. The molecule has 2 aromatic rings. The van der Waals surface area contributed by atoms with Gasteiger partial charge in [-0.2, -0.15) is 0 Å². The number of ketones is 1. The Kier molecular flexibility index (Phi) is 4.49. The number of aryl methyl sites for hydroxylation is 2. The number of amides is 2. The van der Waals surface area contributed by atoms with Crippen LogP contribution in [-0.2, 0) is 30.5 Å². The Balaban J connectivity index is 1.35. The average Bonchev–Trinajstić information content (AvgIpc) is 3.13. The van der Waals surface area contributed by atoms with Gasteiger partial charge in [0, 0.05) is 16.8 Å². The second kappa shape index (κ2) is 7.08. The summed E-state index contributed by atoms with van der Waals surface area (Å²) in [6.07, 6.45) is 7.77. The molecule has 1 fully saturated rings. The standard InChI is InChI=1S/C25H26N2O3/c1-15(28)16-8-10-17(11-9-16)23(29)27-25(12-13-25)24(30)26-22-20-6-2-4-18(20)14-19-5-3-7-21(19)22/h8-11,14H,2-7,12-13H2,1H3,(H,26,30)(H,27,29). The highest BCUT2D eigenvalue weighted by molar-refractivity contribution is 6.06. The first kappa shape index (κ1) is 19.0. The Morgan fingerprint density at radius 1 is 0.833 bits per heavy atom. The number of carbonyl (C=O) groups is 3. The van der Waals surface area contributed by atoms with E-state index in [0.29, 0.717) is 24.0 Å². The van der Waals surface area contributed by atoms with Gasteiger partial charge in [0.15, 0.2) is 5.78 Å². The fraction of sp³-hybridized carbons (Fsp3) is 0.400. The van der Waals surface area contributed by atoms with Crippen molar-refractivity contribution in [2.24, 2.45) is 0 Å². The van der Waals surface area contributed by atoms with Gasteiger partial charge in [0.1, 0.15) is 5.54 Å². The van der Waals surface area contributed by atoms with E-state index in [1.54, 1.807) is 24.3 Å². The van der Waals surface area contributed by atoms with Crippen LogP contribution >= 0.6 is 0 Å². The fourth-order valence-electron chi connectivity index (χ4n) is 4.88. The summed E-state index contributed by atoms with van der Waals surface area (Å²) in [7, 11) is 0. The maximum Gasteiger partial charge on any atom is 0.252 e. The topological polar surface area (TPSA) is 75.3 Å². The van der Waals surface area contributed by atoms with E-state index in [-0.39, 0.29) is 17.6 Å². The zero-order valence-corrected chi connectivity index (χ0v) is 17.3. The molecule has 0 unspecified atom stereocenters. The second-order valence-corrected chi connectivity index (χ2v) is 8.86. The van der Waals surface area contributed by atoms with E-state index in [2.05, 4.69) is 16.7 Å². The van der Waals surface area contributed by atoms with Crippen LogP contribution in [0, 0.1) is 0 Å². The van der Waals surface area contributed by atoms with Crippen LogP contribution in [0.25, 0.3) is 0 Å². The van der Waals surface area contributed by atoms with Crippen molar-refractivity contribution in [3.05, 3.63) is 63.7 Å². The van der Waals surface area contributed by atoms with Gasteiger partial charge in [-0.15, -0.1) is 0 Å². The fourth-order valence-corrected chi connectivity index (χ4v) is 4.88. The molecule has 3 aliphatic rings. The van der Waals surface area contributed by atoms with Gasteiger partial charge in [-0.1, -0.05) is 18.2 Å². The molecule has 0 heterocycles. The predicted octanol–water partition coefficient (Wildman–Crippen LogP) is 3.77. The van der Waals surface area contributed by atoms with Gasteiger partial charge in [-0.05, 0) is 92.7 Å². The van der Waals surface area contributed by atoms with E-state index in [4.69, 9.17) is 0 Å². The van der Waals surface area contributed by atoms with Gasteiger partial charge < -0.3 is 10.6 Å². The maximum atomic E-state index is 13.2. The largest absolute Gasteiger partial charge is 0.338 e. The molecule has 154 valence electrons. The van der Waals surface area contributed by atoms with E-state index in [1.165, 1.54) is 29.2 Å². The van der Waals surface area contributed by atoms with E-state index < -0.39 is 5.54 Å². The molecule has 0 saturated heterocycles. The van der Waals surface area contributed by atoms with Crippen LogP contribution < -0.4 is 10.6 Å². The van der Waals surface area contributed by atoms with Crippen LogP contribution in [0.2, 0.25) is 0 Å². The predicted molar refractivity (Wildman–Crippen MR) is 115 cm³/mol. The lowest BCUT2D eigenvalue weighted by molar-refractivity contribution is -0.118. The summed E-state index contributed by atoms with van der Waals surface area (Å²) >= 11 is 0. The van der Waals surface area contributed by atoms with Crippen LogP contribution in [0.5, 0.6) is 0 Å². The van der Waals surface area contributed by atoms with Crippen molar-refractivity contribution < 1.29 is 14.4 Å². The number of fused-ring (bicyclic) bond motifs is 2. The van der Waals surface area contributed by atoms with Gasteiger partial charge in [0.25, 0.3) is 5.91 Å². The Morgan fingerprint density at radius 3 is 1.93 bits per heavy atom. The third-order valence-electron chi connectivity index (χ3n) is 6.80. The third kappa shape index (κ3) is 3.22. The first-order chi connectivity index (χ1) is 14.5. The van der Waals surface area contributed by atoms with E-state index in [0.717, 1.165) is 44.2 Å². The van der Waals surface area contributed by atoms with Gasteiger partial charge in [-0.25, -0.2) is 0 Å². The molecule has 2 aromatic carbocycles. The highest BCUT2D eigenvalue weighted by Crippen LogP contribution is 2.41. The highest BCUT2D eigenvalue weighted by Gasteiger charge is 2.51. The zero-order chi connectivity index (χ0) is 20.9. The summed E-state index contributed by atoms with van der Waals surface area (Å²) < 4.78 is 0. The number of Topliss-reactive ketones (excluding diaryl/α,β-unsaturated/α-hetero) is 1. The lowest BCUT2D eigenvalue weighted by Crippen LogP contribution is -2.46. The summed E-state index contributed by atoms with van der Waals surface area (Å²) in [4.78, 5) is 37.4. The quantitative estimate of drug-likeness (QED) is 0.748. The molecule has 2 amide bonds. The molecule has 0 radical (unpaired) electrons. The van der Waals surface area contributed by atoms with E-state index >= 15 is 0 Å². The van der Waals surface area contributed by atoms with Gasteiger partial charge in [0.05, 0.1) is 0 Å². The van der Waals surface area contributed by atoms with Crippen LogP contribution in [-0.4, -0.2) is 23.1 Å². The Bertz CT molecular complexity index is 1030. The smallest absolute Gasteiger partial charge is 0.252 e. The molecule has 0 bridgehead atoms. The Labute approximate surface area is 176 Å². The van der Waals surface area contributed by atoms with Gasteiger partial charge in [-0.3, -0.25) is 14.4 Å². The van der Waals surface area contributed by atoms with Crippen LogP contribution in [0.1, 0.15) is 75.6 Å². The molecule has 30 heavy (non-hydrogen) atoms. The number of hydrogen-bond acceptors (Lipinski definition) is 3. The summed E-state index contributed by atoms with van der Waals surface area (Å²) in [5.74, 6) is -0.421. The van der Waals surface area contributed by atoms with Crippen LogP contribution in [0.15, 0.2) is 30.3 Å². The van der Waals surface area contributed by atoms with Crippen molar-refractivity contribution >= 4 is 23.3 Å². The summed E-state index contributed by atoms with van der Waals surface area (Å²) in [5.41, 5.74) is 6.57. The highest BCUT2D eigenvalue weighted by atomic mass is 16.2. The number of benzene rings is 2. The number of hydrogen-bond donors (Lipinski definition) is 2. The third-order valence-corrected chi connectivity index (χ3v) is 6.80. The van der Waals surface area contributed by atoms with Gasteiger partial charge >= 0.3 is 0 Å². The summed E-state index contributed by atoms with van der Waals surface area (Å²) in [6, 6.07) is 8.91. The zero-order valence-electron chi connectivity index (χ0n) is 17.3. The van der Waals surface area contributed by atoms with Crippen molar-refractivity contribution in [3.8, 4) is 0 Å². The van der Waals surface area contributed by atoms with Crippen molar-refractivity contribution in [2.75, 3.05) is 5.32 Å². The van der Waals surface area contributed by atoms with Crippen molar-refractivity contribution in [1.82, 2.24) is 5.32 Å². The molecule has 0 spiro atoms. The van der Waals surface area contributed by atoms with Crippen molar-refractivity contribution in [1.29, 1.82) is 0 Å². The summed E-state index contributed by atoms with van der Waals surface area (Å²) in [6.45, 7) is 1.50. The van der Waals surface area contributed by atoms with Gasteiger partial charge in [0.2, 0.25) is 5.91 Å². The number of anilines is 1. The second-order valence-electron chi connectivity index (χ2n) is 8.86. The minimum Gasteiger partial charge on any atom is -0.338 e. The lowest BCUT2D eigenvalue weighted by Gasteiger charge is -2.21. The molecule has 1 saturated carbocycles. The normalized spacial score (nSPS) is 17.8. The molecular formula is C25H26N2O3. The number of nitrogens with one attached hydrogen (secondary N) is 2. The number of rotatable bonds is 5. The Hall–Kier alpha value is -2.95. The molecule has 5 heteroatoms. The maximum absolute atomic E-state index is 13.2. The lowest BCUT2D eigenvalue weighted by atomic mass is 9.98. The molecule has 3 aliphatic carbocycles. The molecule has 5 rings (SSSR count). The molecular weight excluding hydrogens is 376 g/mol. The van der Waals surface area contributed by atoms with Crippen LogP contribution in [0.3, 0.4) is 0 Å². The first-order valence-electron chi connectivity index (χ1n) is 10.9. The molecule has 2 N–H and O–H groups in total. The average molecular weight is 402 g/mol. The number of carbonyl (C=O) groups excluding carboxylic acids is 3. The first-order valence-corrected chi connectivity index (χ1v) is 10.9. The molecule has 0 aromatic heterocycles. The SMILES string of the molecule is CC(=O)c1ccc(C(=O)NC2(C(=O)Nc3c4c(cc5c3CCC5)CCC4)CC2)cc1. The van der Waals surface area contributed by atoms with E-state index in [1.807, 2.05) is 0 Å². The minimum absolute atomic E-state index is 0.0390. The van der Waals surface area contributed by atoms with E-state index in [9.17, 15) is 14.4 Å². The van der Waals surface area contributed by atoms with Crippen molar-refractivity contribution in [2.45, 2.75) is 63.8 Å². The molecule has 0 atom stereocenters. The molecule has 5 nitrogen and oxygen atoms in total.